The van der Waals surface area contributed by atoms with E-state index >= 15 is 0 Å². The molecule has 0 spiro atoms. The zero-order valence-corrected chi connectivity index (χ0v) is 23.0. The van der Waals surface area contributed by atoms with E-state index < -0.39 is 29.4 Å². The molecule has 4 rings (SSSR count). The number of aliphatic hydroxyl groups excluding tert-OH is 1. The molecular formula is C27H24Cl2F3N5O4. The van der Waals surface area contributed by atoms with E-state index in [4.69, 9.17) is 33.0 Å². The van der Waals surface area contributed by atoms with E-state index in [1.165, 1.54) is 24.4 Å². The molecule has 4 aromatic rings. The number of alkyl halides is 3. The van der Waals surface area contributed by atoms with Crippen LogP contribution in [0.4, 0.5) is 18.9 Å². The number of anilines is 1. The first-order valence-corrected chi connectivity index (χ1v) is 13.1. The van der Waals surface area contributed by atoms with Gasteiger partial charge in [0.25, 0.3) is 11.8 Å². The Morgan fingerprint density at radius 1 is 1.12 bits per heavy atom. The molecule has 2 aromatic carbocycles. The molecule has 41 heavy (non-hydrogen) atoms. The lowest BCUT2D eigenvalue weighted by atomic mass is 10.0. The van der Waals surface area contributed by atoms with Gasteiger partial charge in [-0.25, -0.2) is 9.67 Å². The number of hydrogen-bond donors (Lipinski definition) is 3. The number of nitrogens with one attached hydrogen (secondary N) is 2. The van der Waals surface area contributed by atoms with Crippen molar-refractivity contribution in [3.8, 4) is 5.82 Å². The summed E-state index contributed by atoms with van der Waals surface area (Å²) >= 11 is 12.8. The first kappa shape index (κ1) is 30.3. The summed E-state index contributed by atoms with van der Waals surface area (Å²) in [5.74, 6) is -1.82. The third-order valence-electron chi connectivity index (χ3n) is 5.97. The van der Waals surface area contributed by atoms with E-state index in [9.17, 15) is 22.8 Å². The number of rotatable bonds is 10. The number of pyridine rings is 1. The first-order valence-electron chi connectivity index (χ1n) is 12.3. The summed E-state index contributed by atoms with van der Waals surface area (Å²) in [5.41, 5.74) is -2.00. The molecule has 2 amide bonds. The van der Waals surface area contributed by atoms with Gasteiger partial charge in [-0.1, -0.05) is 47.5 Å². The third kappa shape index (κ3) is 6.96. The maximum atomic E-state index is 13.6. The fourth-order valence-corrected chi connectivity index (χ4v) is 4.50. The van der Waals surface area contributed by atoms with Crippen LogP contribution in [0, 0.1) is 0 Å². The van der Waals surface area contributed by atoms with Gasteiger partial charge in [0.15, 0.2) is 11.5 Å². The van der Waals surface area contributed by atoms with Crippen LogP contribution < -0.4 is 10.6 Å². The molecule has 0 bridgehead atoms. The normalized spacial score (nSPS) is 12.4. The van der Waals surface area contributed by atoms with Crippen molar-refractivity contribution in [1.82, 2.24) is 20.1 Å². The molecule has 0 saturated heterocycles. The lowest BCUT2D eigenvalue weighted by molar-refractivity contribution is -0.141. The number of fused-ring (bicyclic) bond motifs is 1. The van der Waals surface area contributed by atoms with Gasteiger partial charge in [-0.05, 0) is 36.9 Å². The van der Waals surface area contributed by atoms with E-state index in [1.807, 2.05) is 0 Å². The van der Waals surface area contributed by atoms with Gasteiger partial charge in [0.2, 0.25) is 0 Å². The number of amides is 2. The van der Waals surface area contributed by atoms with Crippen LogP contribution in [0.5, 0.6) is 0 Å². The molecule has 2 heterocycles. The number of carbonyl (C=O) groups excluding carboxylic acids is 2. The number of benzene rings is 2. The van der Waals surface area contributed by atoms with Crippen molar-refractivity contribution < 1.29 is 32.6 Å². The van der Waals surface area contributed by atoms with Crippen LogP contribution in [-0.2, 0) is 10.9 Å². The number of aliphatic hydroxyl groups is 1. The first-order chi connectivity index (χ1) is 19.5. The molecule has 9 nitrogen and oxygen atoms in total. The van der Waals surface area contributed by atoms with Gasteiger partial charge in [0.1, 0.15) is 5.69 Å². The second-order valence-electron chi connectivity index (χ2n) is 8.87. The quantitative estimate of drug-likeness (QED) is 0.218. The minimum atomic E-state index is -4.87. The molecule has 0 radical (unpaired) electrons. The molecule has 0 aliphatic heterocycles. The highest BCUT2D eigenvalue weighted by atomic mass is 35.5. The number of aromatic nitrogens is 3. The average Bonchev–Trinajstić information content (AvgIpc) is 3.40. The smallest absolute Gasteiger partial charge is 0.394 e. The SMILES string of the molecule is CC(CCNC(=O)c1cc2ccccc2c(Cl)c1NC(=O)c1cc(C(F)(F)F)nn1-c1ncccc1Cl)OCCO. The van der Waals surface area contributed by atoms with Gasteiger partial charge in [-0.15, -0.1) is 0 Å². The molecule has 14 heteroatoms. The van der Waals surface area contributed by atoms with Crippen LogP contribution >= 0.6 is 23.2 Å². The fourth-order valence-electron chi connectivity index (χ4n) is 3.98. The van der Waals surface area contributed by atoms with Gasteiger partial charge >= 0.3 is 6.18 Å². The van der Waals surface area contributed by atoms with Gasteiger partial charge < -0.3 is 20.5 Å². The highest BCUT2D eigenvalue weighted by Gasteiger charge is 2.37. The van der Waals surface area contributed by atoms with Crippen LogP contribution in [0.2, 0.25) is 10.0 Å². The Balaban J connectivity index is 1.72. The van der Waals surface area contributed by atoms with Crippen LogP contribution in [-0.4, -0.2) is 57.5 Å². The van der Waals surface area contributed by atoms with Crippen molar-refractivity contribution in [3.63, 3.8) is 0 Å². The van der Waals surface area contributed by atoms with Gasteiger partial charge in [0.05, 0.1) is 40.6 Å². The number of nitrogens with zero attached hydrogens (tertiary/aromatic N) is 3. The molecular weight excluding hydrogens is 586 g/mol. The second-order valence-corrected chi connectivity index (χ2v) is 9.66. The summed E-state index contributed by atoms with van der Waals surface area (Å²) in [6, 6.07) is 11.8. The molecule has 216 valence electrons. The topological polar surface area (TPSA) is 118 Å². The lowest BCUT2D eigenvalue weighted by Gasteiger charge is -2.17. The molecule has 3 N–H and O–H groups in total. The molecule has 0 aliphatic carbocycles. The fraction of sp³-hybridized carbons (Fsp3) is 0.259. The summed E-state index contributed by atoms with van der Waals surface area (Å²) < 4.78 is 46.8. The standard InChI is InChI=1S/C27H24Cl2F3N5O4/c1-15(41-12-11-38)8-10-34-25(39)18-13-16-5-2-3-6-17(16)22(29)23(18)35-26(40)20-14-21(27(30,31)32)36-37(20)24-19(28)7-4-9-33-24/h2-7,9,13-15,38H,8,10-12H2,1H3,(H,34,39)(H,35,40). The second kappa shape index (κ2) is 12.9. The van der Waals surface area contributed by atoms with Crippen molar-refractivity contribution in [2.24, 2.45) is 0 Å². The van der Waals surface area contributed by atoms with E-state index in [2.05, 4.69) is 20.7 Å². The molecule has 2 aromatic heterocycles. The molecule has 1 unspecified atom stereocenters. The van der Waals surface area contributed by atoms with Crippen molar-refractivity contribution in [2.45, 2.75) is 25.6 Å². The molecule has 0 saturated carbocycles. The summed E-state index contributed by atoms with van der Waals surface area (Å²) in [5, 5.41) is 18.7. The monoisotopic (exact) mass is 609 g/mol. The Bertz CT molecular complexity index is 1580. The van der Waals surface area contributed by atoms with Gasteiger partial charge in [-0.3, -0.25) is 9.59 Å². The van der Waals surface area contributed by atoms with Crippen molar-refractivity contribution in [3.05, 3.63) is 81.7 Å². The summed E-state index contributed by atoms with van der Waals surface area (Å²) in [7, 11) is 0. The Kier molecular flexibility index (Phi) is 9.49. The summed E-state index contributed by atoms with van der Waals surface area (Å²) in [6.45, 7) is 2.00. The van der Waals surface area contributed by atoms with E-state index in [-0.39, 0.29) is 53.0 Å². The van der Waals surface area contributed by atoms with Crippen molar-refractivity contribution >= 4 is 51.5 Å². The summed E-state index contributed by atoms with van der Waals surface area (Å²) in [4.78, 5) is 30.7. The number of ether oxygens (including phenoxy) is 1. The van der Waals surface area contributed by atoms with E-state index in [0.717, 1.165) is 0 Å². The third-order valence-corrected chi connectivity index (χ3v) is 6.66. The number of hydrogen-bond acceptors (Lipinski definition) is 6. The molecule has 0 aliphatic rings. The van der Waals surface area contributed by atoms with Gasteiger partial charge in [0, 0.05) is 24.2 Å². The Morgan fingerprint density at radius 3 is 2.59 bits per heavy atom. The zero-order valence-electron chi connectivity index (χ0n) is 21.5. The maximum Gasteiger partial charge on any atom is 0.435 e. The largest absolute Gasteiger partial charge is 0.435 e. The average molecular weight is 610 g/mol. The van der Waals surface area contributed by atoms with E-state index in [0.29, 0.717) is 27.9 Å². The minimum absolute atomic E-state index is 0.0102. The van der Waals surface area contributed by atoms with Gasteiger partial charge in [-0.2, -0.15) is 18.3 Å². The maximum absolute atomic E-state index is 13.6. The lowest BCUT2D eigenvalue weighted by Crippen LogP contribution is -2.29. The van der Waals surface area contributed by atoms with E-state index in [1.54, 1.807) is 31.2 Å². The zero-order chi connectivity index (χ0) is 29.7. The Hall–Kier alpha value is -3.71. The number of halogens is 5. The van der Waals surface area contributed by atoms with Crippen LogP contribution in [0.15, 0.2) is 54.7 Å². The Morgan fingerprint density at radius 2 is 1.88 bits per heavy atom. The Labute approximate surface area is 242 Å². The number of carbonyl (C=O) groups is 2. The predicted molar refractivity (Wildman–Crippen MR) is 148 cm³/mol. The molecule has 0 fully saturated rings. The predicted octanol–water partition coefficient (Wildman–Crippen LogP) is 5.52. The molecule has 1 atom stereocenters. The highest BCUT2D eigenvalue weighted by molar-refractivity contribution is 6.40. The van der Waals surface area contributed by atoms with Crippen LogP contribution in [0.1, 0.15) is 39.9 Å². The minimum Gasteiger partial charge on any atom is -0.394 e. The van der Waals surface area contributed by atoms with Crippen molar-refractivity contribution in [1.29, 1.82) is 0 Å². The van der Waals surface area contributed by atoms with Crippen molar-refractivity contribution in [2.75, 3.05) is 25.1 Å². The van der Waals surface area contributed by atoms with Crippen LogP contribution in [0.3, 0.4) is 0 Å². The highest BCUT2D eigenvalue weighted by Crippen LogP contribution is 2.36. The van der Waals surface area contributed by atoms with Crippen LogP contribution in [0.25, 0.3) is 16.6 Å². The summed E-state index contributed by atoms with van der Waals surface area (Å²) in [6.07, 6.45) is -3.40.